The molecule has 0 saturated carbocycles. The van der Waals surface area contributed by atoms with E-state index < -0.39 is 0 Å². The van der Waals surface area contributed by atoms with Crippen LogP contribution in [-0.2, 0) is 6.54 Å². The van der Waals surface area contributed by atoms with Gasteiger partial charge in [-0.15, -0.1) is 0 Å². The van der Waals surface area contributed by atoms with Crippen molar-refractivity contribution in [2.75, 3.05) is 30.9 Å². The van der Waals surface area contributed by atoms with Gasteiger partial charge in [-0.1, -0.05) is 11.6 Å². The first kappa shape index (κ1) is 14.4. The number of hydrogen-bond donors (Lipinski definition) is 1. The Morgan fingerprint density at radius 2 is 2.33 bits per heavy atom. The van der Waals surface area contributed by atoms with E-state index in [1.807, 2.05) is 18.2 Å². The average molecular weight is 304 g/mol. The zero-order chi connectivity index (χ0) is 12.8. The van der Waals surface area contributed by atoms with Crippen LogP contribution in [0, 0.1) is 0 Å². The standard InChI is InChI=1S/C13H18ClNOS2/c1-16-13-3-2-11(14)6-10(13)7-15-8-12-9-17-4-5-18-12/h2-3,6,12,15H,4-5,7-9H2,1H3. The fourth-order valence-corrected chi connectivity index (χ4v) is 4.75. The Labute approximate surface area is 122 Å². The molecule has 0 bridgehead atoms. The second-order valence-electron chi connectivity index (χ2n) is 4.15. The van der Waals surface area contributed by atoms with Gasteiger partial charge in [-0.2, -0.15) is 23.5 Å². The van der Waals surface area contributed by atoms with Gasteiger partial charge in [0, 0.05) is 46.2 Å². The molecule has 2 rings (SSSR count). The molecule has 5 heteroatoms. The lowest BCUT2D eigenvalue weighted by atomic mass is 10.2. The van der Waals surface area contributed by atoms with Crippen molar-refractivity contribution in [3.63, 3.8) is 0 Å². The van der Waals surface area contributed by atoms with Crippen molar-refractivity contribution in [2.45, 2.75) is 11.8 Å². The molecule has 1 saturated heterocycles. The van der Waals surface area contributed by atoms with Crippen molar-refractivity contribution in [3.05, 3.63) is 28.8 Å². The summed E-state index contributed by atoms with van der Waals surface area (Å²) in [5, 5.41) is 4.99. The first-order valence-electron chi connectivity index (χ1n) is 6.02. The lowest BCUT2D eigenvalue weighted by Gasteiger charge is -2.21. The van der Waals surface area contributed by atoms with Gasteiger partial charge in [0.1, 0.15) is 5.75 Å². The summed E-state index contributed by atoms with van der Waals surface area (Å²) in [5.74, 6) is 4.73. The molecule has 18 heavy (non-hydrogen) atoms. The minimum Gasteiger partial charge on any atom is -0.496 e. The van der Waals surface area contributed by atoms with Crippen molar-refractivity contribution in [3.8, 4) is 5.75 Å². The van der Waals surface area contributed by atoms with Gasteiger partial charge in [0.05, 0.1) is 7.11 Å². The van der Waals surface area contributed by atoms with Crippen LogP contribution < -0.4 is 10.1 Å². The highest BCUT2D eigenvalue weighted by Gasteiger charge is 2.13. The third kappa shape index (κ3) is 4.26. The van der Waals surface area contributed by atoms with E-state index in [9.17, 15) is 0 Å². The smallest absolute Gasteiger partial charge is 0.123 e. The molecule has 1 unspecified atom stereocenters. The third-order valence-electron chi connectivity index (χ3n) is 2.81. The van der Waals surface area contributed by atoms with Gasteiger partial charge in [-0.25, -0.2) is 0 Å². The van der Waals surface area contributed by atoms with Crippen LogP contribution in [0.5, 0.6) is 5.75 Å². The van der Waals surface area contributed by atoms with Gasteiger partial charge in [-0.3, -0.25) is 0 Å². The number of rotatable bonds is 5. The van der Waals surface area contributed by atoms with Crippen LogP contribution in [0.1, 0.15) is 5.56 Å². The molecular formula is C13H18ClNOS2. The first-order valence-corrected chi connectivity index (χ1v) is 8.60. The summed E-state index contributed by atoms with van der Waals surface area (Å²) in [6, 6.07) is 5.75. The minimum atomic E-state index is 0.730. The molecule has 1 N–H and O–H groups in total. The number of ether oxygens (including phenoxy) is 1. The van der Waals surface area contributed by atoms with Crippen LogP contribution in [0.3, 0.4) is 0 Å². The quantitative estimate of drug-likeness (QED) is 0.901. The van der Waals surface area contributed by atoms with Gasteiger partial charge in [0.25, 0.3) is 0 Å². The molecule has 100 valence electrons. The van der Waals surface area contributed by atoms with Crippen molar-refractivity contribution >= 4 is 35.1 Å². The Bertz CT molecular complexity index is 383. The topological polar surface area (TPSA) is 21.3 Å². The zero-order valence-electron chi connectivity index (χ0n) is 10.4. The Kier molecular flexibility index (Phi) is 6.02. The van der Waals surface area contributed by atoms with E-state index >= 15 is 0 Å². The van der Waals surface area contributed by atoms with E-state index in [2.05, 4.69) is 28.8 Å². The van der Waals surface area contributed by atoms with E-state index in [0.717, 1.165) is 34.7 Å². The lowest BCUT2D eigenvalue weighted by molar-refractivity contribution is 0.408. The van der Waals surface area contributed by atoms with E-state index in [1.165, 1.54) is 17.3 Å². The molecule has 0 spiro atoms. The molecule has 1 aromatic carbocycles. The molecule has 1 aliphatic rings. The van der Waals surface area contributed by atoms with Crippen molar-refractivity contribution in [2.24, 2.45) is 0 Å². The molecule has 0 aromatic heterocycles. The molecule has 1 aromatic rings. The number of methoxy groups -OCH3 is 1. The zero-order valence-corrected chi connectivity index (χ0v) is 12.8. The average Bonchev–Trinajstić information content (AvgIpc) is 2.40. The normalized spacial score (nSPS) is 19.8. The van der Waals surface area contributed by atoms with Crippen LogP contribution in [0.2, 0.25) is 5.02 Å². The summed E-state index contributed by atoms with van der Waals surface area (Å²) < 4.78 is 5.33. The SMILES string of the molecule is COc1ccc(Cl)cc1CNCC1CSCCS1. The second-order valence-corrected chi connectivity index (χ2v) is 7.15. The monoisotopic (exact) mass is 303 g/mol. The summed E-state index contributed by atoms with van der Waals surface area (Å²) in [6.45, 7) is 1.86. The van der Waals surface area contributed by atoms with Crippen LogP contribution in [0.15, 0.2) is 18.2 Å². The minimum absolute atomic E-state index is 0.730. The lowest BCUT2D eigenvalue weighted by Crippen LogP contribution is -2.28. The predicted octanol–water partition coefficient (Wildman–Crippen LogP) is 3.29. The predicted molar refractivity (Wildman–Crippen MR) is 83.3 cm³/mol. The number of benzene rings is 1. The number of nitrogens with one attached hydrogen (secondary N) is 1. The van der Waals surface area contributed by atoms with Crippen molar-refractivity contribution in [1.82, 2.24) is 5.32 Å². The Hall–Kier alpha value is -0.0300. The molecular weight excluding hydrogens is 286 g/mol. The van der Waals surface area contributed by atoms with Gasteiger partial charge >= 0.3 is 0 Å². The maximum Gasteiger partial charge on any atom is 0.123 e. The molecule has 1 heterocycles. The summed E-state index contributed by atoms with van der Waals surface area (Å²) >= 11 is 10.1. The van der Waals surface area contributed by atoms with Crippen LogP contribution in [-0.4, -0.2) is 36.2 Å². The maximum absolute atomic E-state index is 6.01. The molecule has 0 aliphatic carbocycles. The van der Waals surface area contributed by atoms with Gasteiger partial charge < -0.3 is 10.1 Å². The maximum atomic E-state index is 6.01. The summed E-state index contributed by atoms with van der Waals surface area (Å²) in [4.78, 5) is 0. The fourth-order valence-electron chi connectivity index (χ4n) is 1.91. The Morgan fingerprint density at radius 3 is 3.06 bits per heavy atom. The van der Waals surface area contributed by atoms with Crippen molar-refractivity contribution in [1.29, 1.82) is 0 Å². The van der Waals surface area contributed by atoms with Gasteiger partial charge in [-0.05, 0) is 18.2 Å². The van der Waals surface area contributed by atoms with Crippen molar-refractivity contribution < 1.29 is 4.74 Å². The third-order valence-corrected chi connectivity index (χ3v) is 5.89. The van der Waals surface area contributed by atoms with E-state index in [4.69, 9.17) is 16.3 Å². The van der Waals surface area contributed by atoms with Gasteiger partial charge in [0.2, 0.25) is 0 Å². The fraction of sp³-hybridized carbons (Fsp3) is 0.538. The number of halogens is 1. The number of thioether (sulfide) groups is 2. The molecule has 1 aliphatic heterocycles. The van der Waals surface area contributed by atoms with E-state index in [0.29, 0.717) is 0 Å². The second kappa shape index (κ2) is 7.53. The highest BCUT2D eigenvalue weighted by molar-refractivity contribution is 8.06. The summed E-state index contributed by atoms with van der Waals surface area (Å²) in [7, 11) is 1.69. The molecule has 0 amide bonds. The first-order chi connectivity index (χ1) is 8.79. The van der Waals surface area contributed by atoms with E-state index in [1.54, 1.807) is 7.11 Å². The van der Waals surface area contributed by atoms with Crippen LogP contribution >= 0.6 is 35.1 Å². The highest BCUT2D eigenvalue weighted by atomic mass is 35.5. The summed E-state index contributed by atoms with van der Waals surface area (Å²) in [5.41, 5.74) is 1.12. The largest absolute Gasteiger partial charge is 0.496 e. The molecule has 1 fully saturated rings. The van der Waals surface area contributed by atoms with Crippen LogP contribution in [0.4, 0.5) is 0 Å². The molecule has 0 radical (unpaired) electrons. The summed E-state index contributed by atoms with van der Waals surface area (Å²) in [6.07, 6.45) is 0. The van der Waals surface area contributed by atoms with E-state index in [-0.39, 0.29) is 0 Å². The highest BCUT2D eigenvalue weighted by Crippen LogP contribution is 2.24. The molecule has 1 atom stereocenters. The number of hydrogen-bond acceptors (Lipinski definition) is 4. The van der Waals surface area contributed by atoms with Crippen LogP contribution in [0.25, 0.3) is 0 Å². The van der Waals surface area contributed by atoms with Gasteiger partial charge in [0.15, 0.2) is 0 Å². The molecule has 2 nitrogen and oxygen atoms in total. The Balaban J connectivity index is 1.83. The Morgan fingerprint density at radius 1 is 1.44 bits per heavy atom.